The second-order valence-corrected chi connectivity index (χ2v) is 1.91. The van der Waals surface area contributed by atoms with E-state index < -0.39 is 11.9 Å². The highest BCUT2D eigenvalue weighted by molar-refractivity contribution is 5.72. The zero-order valence-electron chi connectivity index (χ0n) is 5.58. The number of hydrogen-bond donors (Lipinski definition) is 2. The summed E-state index contributed by atoms with van der Waals surface area (Å²) in [5.41, 5.74) is 0. The lowest BCUT2D eigenvalue weighted by molar-refractivity contribution is -0.141. The predicted octanol–water partition coefficient (Wildman–Crippen LogP) is 1.33. The third kappa shape index (κ3) is 2.35. The molecular weight excluding hydrogens is 132 g/mol. The summed E-state index contributed by atoms with van der Waals surface area (Å²) in [6, 6.07) is 0. The third-order valence-corrected chi connectivity index (χ3v) is 1.10. The molecule has 0 spiro atoms. The number of rotatable bonds is 4. The first-order valence-electron chi connectivity index (χ1n) is 2.81. The minimum atomic E-state index is -1.08. The molecule has 0 rings (SSSR count). The van der Waals surface area contributed by atoms with Crippen LogP contribution in [0.15, 0.2) is 25.0 Å². The van der Waals surface area contributed by atoms with E-state index >= 15 is 0 Å². The topological polar surface area (TPSA) is 57.5 Å². The fourth-order valence-corrected chi connectivity index (χ4v) is 0.546. The molecule has 0 aliphatic heterocycles. The van der Waals surface area contributed by atoms with Crippen LogP contribution < -0.4 is 0 Å². The fourth-order valence-electron chi connectivity index (χ4n) is 0.546. The van der Waals surface area contributed by atoms with Crippen LogP contribution >= 0.6 is 0 Å². The molecule has 0 aliphatic rings. The van der Waals surface area contributed by atoms with Gasteiger partial charge in [-0.25, -0.2) is 0 Å². The van der Waals surface area contributed by atoms with Gasteiger partial charge in [-0.3, -0.25) is 4.79 Å². The second-order valence-electron chi connectivity index (χ2n) is 1.91. The van der Waals surface area contributed by atoms with Gasteiger partial charge in [-0.05, 0) is 6.42 Å². The molecule has 0 saturated carbocycles. The highest BCUT2D eigenvalue weighted by atomic mass is 16.4. The van der Waals surface area contributed by atoms with Crippen molar-refractivity contribution >= 4 is 5.97 Å². The summed E-state index contributed by atoms with van der Waals surface area (Å²) in [6.45, 7) is 6.47. The largest absolute Gasteiger partial charge is 0.512 e. The van der Waals surface area contributed by atoms with Crippen LogP contribution in [0.5, 0.6) is 0 Å². The zero-order valence-corrected chi connectivity index (χ0v) is 5.58. The Bertz CT molecular complexity index is 146. The summed E-state index contributed by atoms with van der Waals surface area (Å²) in [6.07, 6.45) is 1.64. The van der Waals surface area contributed by atoms with E-state index in [9.17, 15) is 4.79 Å². The van der Waals surface area contributed by atoms with Crippen LogP contribution in [0.2, 0.25) is 0 Å². The van der Waals surface area contributed by atoms with E-state index in [4.69, 9.17) is 10.2 Å². The van der Waals surface area contributed by atoms with Crippen molar-refractivity contribution in [2.45, 2.75) is 6.42 Å². The number of allylic oxidation sites excluding steroid dienone is 1. The van der Waals surface area contributed by atoms with Gasteiger partial charge in [0.15, 0.2) is 0 Å². The first-order valence-corrected chi connectivity index (χ1v) is 2.81. The molecule has 1 unspecified atom stereocenters. The Kier molecular flexibility index (Phi) is 3.25. The Morgan fingerprint density at radius 1 is 1.60 bits per heavy atom. The summed E-state index contributed by atoms with van der Waals surface area (Å²) < 4.78 is 0. The van der Waals surface area contributed by atoms with Gasteiger partial charge in [-0.15, -0.1) is 6.58 Å². The number of aliphatic carboxylic acids is 1. The molecule has 56 valence electrons. The van der Waals surface area contributed by atoms with Gasteiger partial charge in [0, 0.05) is 0 Å². The van der Waals surface area contributed by atoms with Crippen LogP contribution in [0.4, 0.5) is 0 Å². The predicted molar refractivity (Wildman–Crippen MR) is 37.7 cm³/mol. The molecule has 0 aromatic carbocycles. The van der Waals surface area contributed by atoms with E-state index in [0.29, 0.717) is 0 Å². The Morgan fingerprint density at radius 3 is 2.20 bits per heavy atom. The molecule has 0 fully saturated rings. The van der Waals surface area contributed by atoms with Crippen molar-refractivity contribution in [1.29, 1.82) is 0 Å². The van der Waals surface area contributed by atoms with E-state index in [1.165, 1.54) is 6.08 Å². The maximum absolute atomic E-state index is 10.3. The van der Waals surface area contributed by atoms with E-state index in [2.05, 4.69) is 13.2 Å². The van der Waals surface area contributed by atoms with Gasteiger partial charge in [0.1, 0.15) is 5.92 Å². The number of carbonyl (C=O) groups is 1. The smallest absolute Gasteiger partial charge is 0.314 e. The van der Waals surface area contributed by atoms with Crippen molar-refractivity contribution in [3.8, 4) is 0 Å². The third-order valence-electron chi connectivity index (χ3n) is 1.10. The van der Waals surface area contributed by atoms with Crippen molar-refractivity contribution < 1.29 is 15.0 Å². The van der Waals surface area contributed by atoms with Gasteiger partial charge >= 0.3 is 5.97 Å². The number of carboxylic acid groups (broad SMARTS) is 1. The van der Waals surface area contributed by atoms with Crippen LogP contribution in [0, 0.1) is 5.92 Å². The number of carboxylic acids is 1. The lowest BCUT2D eigenvalue weighted by atomic mass is 10.1. The van der Waals surface area contributed by atoms with Gasteiger partial charge in [0.25, 0.3) is 0 Å². The van der Waals surface area contributed by atoms with E-state index in [0.717, 1.165) is 0 Å². The summed E-state index contributed by atoms with van der Waals surface area (Å²) in [5, 5.41) is 17.1. The Balaban J connectivity index is 4.11. The molecule has 10 heavy (non-hydrogen) atoms. The Morgan fingerprint density at radius 2 is 2.10 bits per heavy atom. The molecule has 0 saturated heterocycles. The number of hydrogen-bond acceptors (Lipinski definition) is 2. The summed E-state index contributed by atoms with van der Waals surface area (Å²) in [5.74, 6) is -2.31. The molecule has 0 heterocycles. The quantitative estimate of drug-likeness (QED) is 0.460. The summed E-state index contributed by atoms with van der Waals surface area (Å²) >= 11 is 0. The molecule has 2 N–H and O–H groups in total. The van der Waals surface area contributed by atoms with Gasteiger partial charge in [-0.2, -0.15) is 0 Å². The first kappa shape index (κ1) is 8.75. The average molecular weight is 142 g/mol. The molecule has 0 aromatic rings. The monoisotopic (exact) mass is 142 g/mol. The van der Waals surface area contributed by atoms with Crippen molar-refractivity contribution in [2.75, 3.05) is 0 Å². The SMILES string of the molecule is C=CCC(C(=C)O)C(=O)O. The molecular formula is C7H10O3. The van der Waals surface area contributed by atoms with Crippen molar-refractivity contribution in [2.24, 2.45) is 5.92 Å². The Labute approximate surface area is 59.3 Å². The molecule has 0 bridgehead atoms. The van der Waals surface area contributed by atoms with Crippen LogP contribution in [0.3, 0.4) is 0 Å². The summed E-state index contributed by atoms with van der Waals surface area (Å²) in [7, 11) is 0. The minimum Gasteiger partial charge on any atom is -0.512 e. The molecule has 0 aromatic heterocycles. The number of aliphatic hydroxyl groups is 1. The Hall–Kier alpha value is -1.25. The van der Waals surface area contributed by atoms with Gasteiger partial charge < -0.3 is 10.2 Å². The molecule has 1 atom stereocenters. The van der Waals surface area contributed by atoms with E-state index in [-0.39, 0.29) is 12.2 Å². The van der Waals surface area contributed by atoms with E-state index in [1.54, 1.807) is 0 Å². The zero-order chi connectivity index (χ0) is 8.15. The lowest BCUT2D eigenvalue weighted by Gasteiger charge is -2.05. The van der Waals surface area contributed by atoms with E-state index in [1.807, 2.05) is 0 Å². The average Bonchev–Trinajstić information content (AvgIpc) is 1.81. The highest BCUT2D eigenvalue weighted by Gasteiger charge is 2.17. The normalized spacial score (nSPS) is 12.0. The molecule has 0 aliphatic carbocycles. The fraction of sp³-hybridized carbons (Fsp3) is 0.286. The first-order chi connectivity index (χ1) is 4.59. The van der Waals surface area contributed by atoms with Crippen molar-refractivity contribution in [3.63, 3.8) is 0 Å². The minimum absolute atomic E-state index is 0.213. The summed E-state index contributed by atoms with van der Waals surface area (Å²) in [4.78, 5) is 10.3. The van der Waals surface area contributed by atoms with Crippen LogP contribution in [0.25, 0.3) is 0 Å². The van der Waals surface area contributed by atoms with Crippen LogP contribution in [0.1, 0.15) is 6.42 Å². The molecule has 3 heteroatoms. The second kappa shape index (κ2) is 3.71. The number of aliphatic hydroxyl groups excluding tert-OH is 1. The molecule has 0 radical (unpaired) electrons. The highest BCUT2D eigenvalue weighted by Crippen LogP contribution is 2.10. The van der Waals surface area contributed by atoms with Crippen LogP contribution in [-0.4, -0.2) is 16.2 Å². The lowest BCUT2D eigenvalue weighted by Crippen LogP contribution is -2.14. The molecule has 3 nitrogen and oxygen atoms in total. The van der Waals surface area contributed by atoms with Gasteiger partial charge in [-0.1, -0.05) is 12.7 Å². The molecule has 0 amide bonds. The van der Waals surface area contributed by atoms with Gasteiger partial charge in [0.2, 0.25) is 0 Å². The van der Waals surface area contributed by atoms with Crippen molar-refractivity contribution in [3.05, 3.63) is 25.0 Å². The standard InChI is InChI=1S/C7H10O3/c1-3-4-6(5(2)8)7(9)10/h3,6,8H,1-2,4H2,(H,9,10). The van der Waals surface area contributed by atoms with Crippen molar-refractivity contribution in [1.82, 2.24) is 0 Å². The van der Waals surface area contributed by atoms with Gasteiger partial charge in [0.05, 0.1) is 5.76 Å². The maximum Gasteiger partial charge on any atom is 0.314 e. The maximum atomic E-state index is 10.3. The van der Waals surface area contributed by atoms with Crippen LogP contribution in [-0.2, 0) is 4.79 Å².